The second kappa shape index (κ2) is 6.71. The average Bonchev–Trinajstić information content (AvgIpc) is 2.44. The Labute approximate surface area is 125 Å². The van der Waals surface area contributed by atoms with Crippen molar-refractivity contribution in [1.82, 2.24) is 9.97 Å². The maximum Gasteiger partial charge on any atom is 0.167 e. The van der Waals surface area contributed by atoms with Crippen LogP contribution in [0.4, 0.5) is 0 Å². The maximum atomic E-state index is 5.90. The highest BCUT2D eigenvalue weighted by Crippen LogP contribution is 2.21. The van der Waals surface area contributed by atoms with Crippen LogP contribution >= 0.6 is 11.6 Å². The Morgan fingerprint density at radius 3 is 2.50 bits per heavy atom. The molecule has 4 heteroatoms. The van der Waals surface area contributed by atoms with Crippen molar-refractivity contribution in [1.29, 1.82) is 0 Å². The number of aromatic nitrogens is 2. The molecule has 1 unspecified atom stereocenters. The molecule has 0 bridgehead atoms. The Balaban J connectivity index is 2.00. The lowest BCUT2D eigenvalue weighted by Crippen LogP contribution is -2.03. The van der Waals surface area contributed by atoms with Crippen LogP contribution in [-0.2, 0) is 6.61 Å². The van der Waals surface area contributed by atoms with Crippen LogP contribution in [0.2, 0.25) is 5.15 Å². The Bertz CT molecular complexity index is 549. The van der Waals surface area contributed by atoms with Gasteiger partial charge in [-0.3, -0.25) is 0 Å². The molecule has 2 aromatic rings. The van der Waals surface area contributed by atoms with E-state index in [4.69, 9.17) is 16.3 Å². The van der Waals surface area contributed by atoms with E-state index in [1.165, 1.54) is 5.56 Å². The molecule has 0 fully saturated rings. The molecule has 1 aromatic carbocycles. The summed E-state index contributed by atoms with van der Waals surface area (Å²) in [5.41, 5.74) is 2.17. The smallest absolute Gasteiger partial charge is 0.167 e. The van der Waals surface area contributed by atoms with Gasteiger partial charge in [-0.1, -0.05) is 37.6 Å². The molecule has 1 atom stereocenters. The maximum absolute atomic E-state index is 5.90. The third-order valence-electron chi connectivity index (χ3n) is 3.30. The van der Waals surface area contributed by atoms with Crippen molar-refractivity contribution >= 4 is 11.6 Å². The molecule has 3 nitrogen and oxygen atoms in total. The third kappa shape index (κ3) is 3.94. The summed E-state index contributed by atoms with van der Waals surface area (Å²) < 4.78 is 5.69. The van der Waals surface area contributed by atoms with Crippen LogP contribution in [0, 0.1) is 6.92 Å². The van der Waals surface area contributed by atoms with E-state index >= 15 is 0 Å². The first-order chi connectivity index (χ1) is 9.58. The first kappa shape index (κ1) is 14.8. The van der Waals surface area contributed by atoms with Crippen LogP contribution in [0.5, 0.6) is 5.75 Å². The topological polar surface area (TPSA) is 35.0 Å². The van der Waals surface area contributed by atoms with Crippen LogP contribution < -0.4 is 4.74 Å². The van der Waals surface area contributed by atoms with Gasteiger partial charge in [0.1, 0.15) is 17.5 Å². The van der Waals surface area contributed by atoms with Gasteiger partial charge in [-0.25, -0.2) is 9.97 Å². The van der Waals surface area contributed by atoms with Gasteiger partial charge in [0.2, 0.25) is 0 Å². The minimum absolute atomic E-state index is 0.323. The molecule has 1 heterocycles. The monoisotopic (exact) mass is 290 g/mol. The standard InChI is InChI=1S/C16H19ClN2O/c1-4-11(2)13-5-7-14(8-6-13)20-10-16-18-12(3)9-15(17)19-16/h5-9,11H,4,10H2,1-3H3. The second-order valence-electron chi connectivity index (χ2n) is 4.92. The van der Waals surface area contributed by atoms with E-state index in [2.05, 4.69) is 35.9 Å². The summed E-state index contributed by atoms with van der Waals surface area (Å²) in [6, 6.07) is 9.91. The molecule has 20 heavy (non-hydrogen) atoms. The zero-order valence-electron chi connectivity index (χ0n) is 12.1. The van der Waals surface area contributed by atoms with Crippen molar-refractivity contribution in [3.05, 3.63) is 52.6 Å². The number of ether oxygens (including phenoxy) is 1. The van der Waals surface area contributed by atoms with E-state index < -0.39 is 0 Å². The summed E-state index contributed by atoms with van der Waals surface area (Å²) in [4.78, 5) is 8.43. The predicted octanol–water partition coefficient (Wildman–Crippen LogP) is 4.53. The van der Waals surface area contributed by atoms with E-state index in [1.54, 1.807) is 6.07 Å². The van der Waals surface area contributed by atoms with E-state index in [-0.39, 0.29) is 0 Å². The predicted molar refractivity (Wildman–Crippen MR) is 81.3 cm³/mol. The summed E-state index contributed by atoms with van der Waals surface area (Å²) in [5, 5.41) is 0.447. The number of aryl methyl sites for hydroxylation is 1. The Hall–Kier alpha value is -1.61. The second-order valence-corrected chi connectivity index (χ2v) is 5.30. The molecule has 0 aliphatic carbocycles. The molecule has 0 saturated heterocycles. The van der Waals surface area contributed by atoms with Crippen LogP contribution in [0.3, 0.4) is 0 Å². The highest BCUT2D eigenvalue weighted by atomic mass is 35.5. The third-order valence-corrected chi connectivity index (χ3v) is 3.49. The molecule has 0 aliphatic rings. The van der Waals surface area contributed by atoms with Gasteiger partial charge in [0.25, 0.3) is 0 Å². The first-order valence-electron chi connectivity index (χ1n) is 6.81. The fourth-order valence-corrected chi connectivity index (χ4v) is 2.18. The SMILES string of the molecule is CCC(C)c1ccc(OCc2nc(C)cc(Cl)n2)cc1. The van der Waals surface area contributed by atoms with Gasteiger partial charge in [-0.15, -0.1) is 0 Å². The van der Waals surface area contributed by atoms with Gasteiger partial charge in [-0.2, -0.15) is 0 Å². The minimum Gasteiger partial charge on any atom is -0.486 e. The minimum atomic E-state index is 0.323. The zero-order chi connectivity index (χ0) is 14.5. The van der Waals surface area contributed by atoms with Gasteiger partial charge in [0, 0.05) is 5.69 Å². The summed E-state index contributed by atoms with van der Waals surface area (Å²) in [7, 11) is 0. The lowest BCUT2D eigenvalue weighted by Gasteiger charge is -2.10. The number of halogens is 1. The molecule has 0 amide bonds. The van der Waals surface area contributed by atoms with Crippen molar-refractivity contribution in [2.45, 2.75) is 39.7 Å². The van der Waals surface area contributed by atoms with Gasteiger partial charge >= 0.3 is 0 Å². The molecule has 106 valence electrons. The van der Waals surface area contributed by atoms with Gasteiger partial charge < -0.3 is 4.74 Å². The molecule has 2 rings (SSSR count). The van der Waals surface area contributed by atoms with Crippen LogP contribution in [0.25, 0.3) is 0 Å². The molecular formula is C16H19ClN2O. The molecule has 0 spiro atoms. The Kier molecular flexibility index (Phi) is 4.96. The first-order valence-corrected chi connectivity index (χ1v) is 7.19. The largest absolute Gasteiger partial charge is 0.486 e. The highest BCUT2D eigenvalue weighted by molar-refractivity contribution is 6.29. The number of rotatable bonds is 5. The van der Waals surface area contributed by atoms with E-state index in [9.17, 15) is 0 Å². The summed E-state index contributed by atoms with van der Waals surface area (Å²) in [6.07, 6.45) is 1.13. The molecule has 0 N–H and O–H groups in total. The zero-order valence-corrected chi connectivity index (χ0v) is 12.8. The number of nitrogens with zero attached hydrogens (tertiary/aromatic N) is 2. The molecule has 0 radical (unpaired) electrons. The van der Waals surface area contributed by atoms with Gasteiger partial charge in [-0.05, 0) is 43.0 Å². The highest BCUT2D eigenvalue weighted by Gasteiger charge is 2.04. The van der Waals surface area contributed by atoms with Crippen LogP contribution in [0.15, 0.2) is 30.3 Å². The average molecular weight is 291 g/mol. The Morgan fingerprint density at radius 2 is 1.90 bits per heavy atom. The quantitative estimate of drug-likeness (QED) is 0.759. The molecule has 1 aromatic heterocycles. The van der Waals surface area contributed by atoms with Crippen molar-refractivity contribution in [3.8, 4) is 5.75 Å². The molecular weight excluding hydrogens is 272 g/mol. The summed E-state index contributed by atoms with van der Waals surface area (Å²) >= 11 is 5.90. The fourth-order valence-electron chi connectivity index (χ4n) is 1.93. The normalized spacial score (nSPS) is 12.2. The van der Waals surface area contributed by atoms with Crippen molar-refractivity contribution in [2.75, 3.05) is 0 Å². The summed E-state index contributed by atoms with van der Waals surface area (Å²) in [6.45, 7) is 6.62. The van der Waals surface area contributed by atoms with Crippen molar-refractivity contribution < 1.29 is 4.74 Å². The van der Waals surface area contributed by atoms with E-state index in [0.717, 1.165) is 17.9 Å². The fraction of sp³-hybridized carbons (Fsp3) is 0.375. The number of benzene rings is 1. The lowest BCUT2D eigenvalue weighted by molar-refractivity contribution is 0.295. The van der Waals surface area contributed by atoms with Crippen LogP contribution in [-0.4, -0.2) is 9.97 Å². The van der Waals surface area contributed by atoms with Crippen molar-refractivity contribution in [2.24, 2.45) is 0 Å². The van der Waals surface area contributed by atoms with Gasteiger partial charge in [0.05, 0.1) is 0 Å². The van der Waals surface area contributed by atoms with E-state index in [1.807, 2.05) is 19.1 Å². The van der Waals surface area contributed by atoms with E-state index in [0.29, 0.717) is 23.5 Å². The summed E-state index contributed by atoms with van der Waals surface area (Å²) in [5.74, 6) is 1.99. The van der Waals surface area contributed by atoms with Crippen LogP contribution in [0.1, 0.15) is 43.3 Å². The lowest BCUT2D eigenvalue weighted by atomic mass is 9.99. The number of hydrogen-bond donors (Lipinski definition) is 0. The van der Waals surface area contributed by atoms with Gasteiger partial charge in [0.15, 0.2) is 5.82 Å². The Morgan fingerprint density at radius 1 is 1.20 bits per heavy atom. The molecule has 0 aliphatic heterocycles. The van der Waals surface area contributed by atoms with Crippen molar-refractivity contribution in [3.63, 3.8) is 0 Å². The number of hydrogen-bond acceptors (Lipinski definition) is 3. The molecule has 0 saturated carbocycles.